The summed E-state index contributed by atoms with van der Waals surface area (Å²) in [6, 6.07) is 5.86. The maximum atomic E-state index is 9.37. The Labute approximate surface area is 215 Å². The average molecular weight is 504 g/mol. The fraction of sp³-hybridized carbons (Fsp3) is 0.370. The number of fused-ring (bicyclic) bond motifs is 1. The molecule has 3 N–H and O–H groups in total. The second-order valence-electron chi connectivity index (χ2n) is 9.76. The van der Waals surface area contributed by atoms with Gasteiger partial charge >= 0.3 is 0 Å². The van der Waals surface area contributed by atoms with Gasteiger partial charge in [0.15, 0.2) is 5.82 Å². The summed E-state index contributed by atoms with van der Waals surface area (Å²) in [4.78, 5) is 18.0. The van der Waals surface area contributed by atoms with Crippen LogP contribution in [0.5, 0.6) is 0 Å². The van der Waals surface area contributed by atoms with Crippen LogP contribution in [0.2, 0.25) is 5.02 Å². The molecular weight excluding hydrogens is 474 g/mol. The number of amidine groups is 1. The van der Waals surface area contributed by atoms with Crippen LogP contribution in [-0.2, 0) is 19.4 Å². The molecular formula is C27H30ClN7O. The third kappa shape index (κ3) is 5.18. The summed E-state index contributed by atoms with van der Waals surface area (Å²) in [7, 11) is 0. The van der Waals surface area contributed by atoms with E-state index in [1.54, 1.807) is 18.6 Å². The van der Waals surface area contributed by atoms with Gasteiger partial charge in [0.25, 0.3) is 0 Å². The van der Waals surface area contributed by atoms with E-state index >= 15 is 0 Å². The van der Waals surface area contributed by atoms with Gasteiger partial charge in [-0.2, -0.15) is 0 Å². The first kappa shape index (κ1) is 24.2. The SMILES string of the molecule is C[C@H]1CC[C@H](Cn2cc(CCc3cccnc3)c3nc(/C(N)=N/O)nc(-c4cncc(Cl)c4)c32)CC1. The molecule has 0 spiro atoms. The van der Waals surface area contributed by atoms with Crippen molar-refractivity contribution in [1.82, 2.24) is 24.5 Å². The zero-order chi connectivity index (χ0) is 25.1. The predicted octanol–water partition coefficient (Wildman–Crippen LogP) is 5.25. The van der Waals surface area contributed by atoms with Gasteiger partial charge in [-0.3, -0.25) is 9.97 Å². The molecule has 0 saturated heterocycles. The highest BCUT2D eigenvalue weighted by Gasteiger charge is 2.24. The lowest BCUT2D eigenvalue weighted by Crippen LogP contribution is -2.19. The van der Waals surface area contributed by atoms with Gasteiger partial charge in [0.05, 0.1) is 16.1 Å². The van der Waals surface area contributed by atoms with Crippen molar-refractivity contribution in [3.8, 4) is 11.3 Å². The number of oxime groups is 1. The van der Waals surface area contributed by atoms with Crippen LogP contribution in [0.4, 0.5) is 0 Å². The van der Waals surface area contributed by atoms with E-state index in [4.69, 9.17) is 27.3 Å². The van der Waals surface area contributed by atoms with Crippen LogP contribution >= 0.6 is 11.6 Å². The number of nitrogens with two attached hydrogens (primary N) is 1. The Balaban J connectivity index is 1.65. The maximum absolute atomic E-state index is 9.37. The molecule has 0 amide bonds. The van der Waals surface area contributed by atoms with Crippen LogP contribution in [-0.4, -0.2) is 35.5 Å². The molecule has 5 rings (SSSR count). The number of nitrogens with zero attached hydrogens (tertiary/aromatic N) is 6. The molecule has 1 fully saturated rings. The highest BCUT2D eigenvalue weighted by Crippen LogP contribution is 2.34. The first-order chi connectivity index (χ1) is 17.5. The Morgan fingerprint density at radius 3 is 2.69 bits per heavy atom. The van der Waals surface area contributed by atoms with Crippen LogP contribution in [0, 0.1) is 11.8 Å². The van der Waals surface area contributed by atoms with Crippen molar-refractivity contribution in [2.24, 2.45) is 22.7 Å². The third-order valence-corrected chi connectivity index (χ3v) is 7.31. The third-order valence-electron chi connectivity index (χ3n) is 7.10. The van der Waals surface area contributed by atoms with E-state index in [1.165, 1.54) is 25.7 Å². The minimum Gasteiger partial charge on any atom is -0.409 e. The number of hydrogen-bond acceptors (Lipinski definition) is 6. The number of pyridine rings is 2. The van der Waals surface area contributed by atoms with E-state index in [9.17, 15) is 5.21 Å². The maximum Gasteiger partial charge on any atom is 0.208 e. The fourth-order valence-electron chi connectivity index (χ4n) is 5.11. The van der Waals surface area contributed by atoms with E-state index < -0.39 is 0 Å². The monoisotopic (exact) mass is 503 g/mol. The Hall–Kier alpha value is -3.52. The smallest absolute Gasteiger partial charge is 0.208 e. The molecule has 0 radical (unpaired) electrons. The highest BCUT2D eigenvalue weighted by molar-refractivity contribution is 6.30. The normalized spacial score (nSPS) is 18.6. The largest absolute Gasteiger partial charge is 0.409 e. The summed E-state index contributed by atoms with van der Waals surface area (Å²) in [6.07, 6.45) is 15.7. The van der Waals surface area contributed by atoms with Gasteiger partial charge in [-0.1, -0.05) is 42.6 Å². The van der Waals surface area contributed by atoms with Crippen molar-refractivity contribution in [3.05, 3.63) is 71.2 Å². The van der Waals surface area contributed by atoms with Crippen molar-refractivity contribution >= 4 is 28.5 Å². The van der Waals surface area contributed by atoms with Crippen LogP contribution in [0.1, 0.15) is 49.6 Å². The second kappa shape index (κ2) is 10.6. The topological polar surface area (TPSA) is 115 Å². The van der Waals surface area contributed by atoms with E-state index in [1.807, 2.05) is 18.3 Å². The predicted molar refractivity (Wildman–Crippen MR) is 141 cm³/mol. The van der Waals surface area contributed by atoms with Gasteiger partial charge in [-0.15, -0.1) is 0 Å². The summed E-state index contributed by atoms with van der Waals surface area (Å²) in [6.45, 7) is 3.23. The lowest BCUT2D eigenvalue weighted by atomic mass is 9.83. The first-order valence-corrected chi connectivity index (χ1v) is 12.8. The van der Waals surface area contributed by atoms with Crippen molar-refractivity contribution < 1.29 is 5.21 Å². The molecule has 1 aliphatic carbocycles. The lowest BCUT2D eigenvalue weighted by molar-refractivity contribution is 0.267. The summed E-state index contributed by atoms with van der Waals surface area (Å²) >= 11 is 6.30. The van der Waals surface area contributed by atoms with Gasteiger partial charge in [-0.25, -0.2) is 9.97 Å². The van der Waals surface area contributed by atoms with E-state index in [0.29, 0.717) is 16.6 Å². The lowest BCUT2D eigenvalue weighted by Gasteiger charge is -2.26. The van der Waals surface area contributed by atoms with Gasteiger partial charge in [0, 0.05) is 43.1 Å². The van der Waals surface area contributed by atoms with Crippen molar-refractivity contribution in [2.75, 3.05) is 0 Å². The van der Waals surface area contributed by atoms with Gasteiger partial charge in [0.2, 0.25) is 5.84 Å². The van der Waals surface area contributed by atoms with E-state index in [-0.39, 0.29) is 11.7 Å². The van der Waals surface area contributed by atoms with Gasteiger partial charge in [0.1, 0.15) is 5.69 Å². The number of halogens is 1. The van der Waals surface area contributed by atoms with Crippen molar-refractivity contribution in [2.45, 2.75) is 52.0 Å². The average Bonchev–Trinajstić information content (AvgIpc) is 3.25. The van der Waals surface area contributed by atoms with Crippen LogP contribution in [0.3, 0.4) is 0 Å². The molecule has 0 aromatic carbocycles. The molecule has 0 aliphatic heterocycles. The minimum atomic E-state index is -0.139. The zero-order valence-electron chi connectivity index (χ0n) is 20.3. The summed E-state index contributed by atoms with van der Waals surface area (Å²) < 4.78 is 2.29. The summed E-state index contributed by atoms with van der Waals surface area (Å²) in [5.41, 5.74) is 11.4. The molecule has 186 valence electrons. The van der Waals surface area contributed by atoms with Crippen molar-refractivity contribution in [1.29, 1.82) is 0 Å². The standard InChI is InChI=1S/C27H30ClN7O/c1-17-4-6-19(7-5-17)15-35-16-20(9-8-18-3-2-10-30-12-18)23-25(35)24(21-11-22(28)14-31-13-21)33-27(32-23)26(29)34-36/h2-3,10-14,16-17,19,36H,4-9,15H2,1H3,(H2,29,34)/t17-,19-. The van der Waals surface area contributed by atoms with Gasteiger partial charge in [-0.05, 0) is 60.8 Å². The molecule has 9 heteroatoms. The van der Waals surface area contributed by atoms with Gasteiger partial charge < -0.3 is 15.5 Å². The number of aromatic nitrogens is 5. The molecule has 0 atom stereocenters. The molecule has 1 aliphatic rings. The Bertz CT molecular complexity index is 1380. The van der Waals surface area contributed by atoms with E-state index in [0.717, 1.165) is 53.0 Å². The second-order valence-corrected chi connectivity index (χ2v) is 10.2. The zero-order valence-corrected chi connectivity index (χ0v) is 21.1. The number of aryl methyl sites for hydroxylation is 2. The van der Waals surface area contributed by atoms with Crippen LogP contribution in [0.15, 0.2) is 54.3 Å². The van der Waals surface area contributed by atoms with E-state index in [2.05, 4.69) is 38.9 Å². The summed E-state index contributed by atoms with van der Waals surface area (Å²) in [5, 5.41) is 13.0. The van der Waals surface area contributed by atoms with Crippen LogP contribution in [0.25, 0.3) is 22.3 Å². The molecule has 4 aromatic heterocycles. The van der Waals surface area contributed by atoms with Crippen LogP contribution < -0.4 is 5.73 Å². The Morgan fingerprint density at radius 2 is 1.97 bits per heavy atom. The number of hydrogen-bond donors (Lipinski definition) is 2. The molecule has 0 bridgehead atoms. The number of rotatable bonds is 7. The minimum absolute atomic E-state index is 0.139. The molecule has 0 unspecified atom stereocenters. The van der Waals surface area contributed by atoms with Crippen molar-refractivity contribution in [3.63, 3.8) is 0 Å². The molecule has 1 saturated carbocycles. The summed E-state index contributed by atoms with van der Waals surface area (Å²) in [5.74, 6) is 1.42. The highest BCUT2D eigenvalue weighted by atomic mass is 35.5. The quantitative estimate of drug-likeness (QED) is 0.154. The molecule has 4 aromatic rings. The molecule has 36 heavy (non-hydrogen) atoms. The Morgan fingerprint density at radius 1 is 1.14 bits per heavy atom. The molecule has 8 nitrogen and oxygen atoms in total. The first-order valence-electron chi connectivity index (χ1n) is 12.4. The molecule has 4 heterocycles. The fourth-order valence-corrected chi connectivity index (χ4v) is 5.28. The Kier molecular flexibility index (Phi) is 7.13.